The second-order valence-electron chi connectivity index (χ2n) is 22.3. The van der Waals surface area contributed by atoms with E-state index < -0.39 is 5.41 Å². The summed E-state index contributed by atoms with van der Waals surface area (Å²) in [5.74, 6) is 0. The predicted octanol–water partition coefficient (Wildman–Crippen LogP) is 22.4. The van der Waals surface area contributed by atoms with Gasteiger partial charge in [-0.15, -0.1) is 0 Å². The van der Waals surface area contributed by atoms with E-state index in [0.29, 0.717) is 0 Å². The van der Waals surface area contributed by atoms with Crippen LogP contribution >= 0.6 is 0 Å². The number of hydrogen-bond acceptors (Lipinski definition) is 4. The molecule has 0 unspecified atom stereocenters. The third-order valence-corrected chi connectivity index (χ3v) is 17.6. The molecule has 0 amide bonds. The first-order valence-corrected chi connectivity index (χ1v) is 29.1. The second-order valence-corrected chi connectivity index (χ2v) is 22.3. The van der Waals surface area contributed by atoms with E-state index in [1.54, 1.807) is 0 Å². The number of benzene rings is 14. The first kappa shape index (κ1) is 48.5. The summed E-state index contributed by atoms with van der Waals surface area (Å²) < 4.78 is 15.1. The molecule has 4 heteroatoms. The van der Waals surface area contributed by atoms with Crippen LogP contribution in [0.3, 0.4) is 0 Å². The summed E-state index contributed by atoms with van der Waals surface area (Å²) in [5, 5.41) is 8.74. The molecule has 1 aliphatic carbocycles. The second kappa shape index (κ2) is 19.5. The van der Waals surface area contributed by atoms with Crippen molar-refractivity contribution in [3.8, 4) is 33.4 Å². The highest BCUT2D eigenvalue weighted by atomic mass is 16.3. The van der Waals surface area contributed by atoms with Crippen LogP contribution in [0.2, 0.25) is 0 Å². The summed E-state index contributed by atoms with van der Waals surface area (Å²) >= 11 is 0. The van der Waals surface area contributed by atoms with Crippen molar-refractivity contribution in [2.75, 3.05) is 9.80 Å². The van der Waals surface area contributed by atoms with Crippen molar-refractivity contribution in [1.29, 1.82) is 0 Å². The molecule has 16 aromatic rings. The number of hydrogen-bond donors (Lipinski definition) is 0. The van der Waals surface area contributed by atoms with Gasteiger partial charge in [0.1, 0.15) is 22.3 Å². The first-order valence-electron chi connectivity index (χ1n) is 29.1. The Balaban J connectivity index is 0.993. The molecule has 0 radical (unpaired) electrons. The fourth-order valence-electron chi connectivity index (χ4n) is 13.9. The molecule has 0 N–H and O–H groups in total. The molecule has 0 atom stereocenters. The fraction of sp³-hybridized carbons (Fsp3) is 0.0123. The lowest BCUT2D eigenvalue weighted by molar-refractivity contribution is 0.665. The molecule has 0 saturated carbocycles. The zero-order chi connectivity index (χ0) is 56.0. The lowest BCUT2D eigenvalue weighted by Crippen LogP contribution is -2.29. The summed E-state index contributed by atoms with van der Waals surface area (Å²) in [6.07, 6.45) is 0. The molecule has 0 fully saturated rings. The van der Waals surface area contributed by atoms with Gasteiger partial charge in [-0.1, -0.05) is 231 Å². The third kappa shape index (κ3) is 7.62. The van der Waals surface area contributed by atoms with Crippen LogP contribution in [0.4, 0.5) is 34.1 Å². The Morgan fingerprint density at radius 3 is 1.01 bits per heavy atom. The van der Waals surface area contributed by atoms with E-state index in [-0.39, 0.29) is 0 Å². The summed E-state index contributed by atoms with van der Waals surface area (Å²) in [6, 6.07) is 115. The number of rotatable bonds is 10. The van der Waals surface area contributed by atoms with Crippen molar-refractivity contribution in [2.45, 2.75) is 5.41 Å². The number of anilines is 6. The van der Waals surface area contributed by atoms with E-state index in [4.69, 9.17) is 8.83 Å². The maximum Gasteiger partial charge on any atom is 0.145 e. The van der Waals surface area contributed by atoms with Gasteiger partial charge in [-0.05, 0) is 151 Å². The highest BCUT2D eigenvalue weighted by molar-refractivity contribution is 6.25. The highest BCUT2D eigenvalue weighted by Gasteiger charge is 2.50. The maximum absolute atomic E-state index is 7.54. The van der Waals surface area contributed by atoms with Crippen LogP contribution in [0, 0.1) is 0 Å². The Morgan fingerprint density at radius 1 is 0.259 bits per heavy atom. The van der Waals surface area contributed by atoms with Gasteiger partial charge >= 0.3 is 0 Å². The van der Waals surface area contributed by atoms with Crippen LogP contribution in [0.1, 0.15) is 22.3 Å². The number of fused-ring (bicyclic) bond motifs is 13. The van der Waals surface area contributed by atoms with Gasteiger partial charge in [0, 0.05) is 44.6 Å². The van der Waals surface area contributed by atoms with Gasteiger partial charge in [-0.2, -0.15) is 0 Å². The Kier molecular flexibility index (Phi) is 11.1. The molecule has 14 aromatic carbocycles. The van der Waals surface area contributed by atoms with Crippen LogP contribution in [-0.2, 0) is 5.41 Å². The lowest BCUT2D eigenvalue weighted by Gasteiger charge is -2.36. The van der Waals surface area contributed by atoms with Crippen LogP contribution < -0.4 is 9.80 Å². The Labute approximate surface area is 492 Å². The normalized spacial score (nSPS) is 12.6. The molecule has 2 heterocycles. The quantitative estimate of drug-likeness (QED) is 0.137. The van der Waals surface area contributed by atoms with Gasteiger partial charge in [0.25, 0.3) is 0 Å². The molecule has 17 rings (SSSR count). The third-order valence-electron chi connectivity index (χ3n) is 17.6. The minimum absolute atomic E-state index is 0.803. The van der Waals surface area contributed by atoms with Crippen molar-refractivity contribution in [3.05, 3.63) is 338 Å². The molecule has 0 spiro atoms. The summed E-state index contributed by atoms with van der Waals surface area (Å²) in [7, 11) is 0. The molecule has 0 saturated heterocycles. The van der Waals surface area contributed by atoms with Gasteiger partial charge in [0.2, 0.25) is 0 Å². The largest absolute Gasteiger partial charge is 0.455 e. The zero-order valence-corrected chi connectivity index (χ0v) is 46.2. The summed E-state index contributed by atoms with van der Waals surface area (Å²) in [6.45, 7) is 0. The monoisotopic (exact) mass is 1080 g/mol. The van der Waals surface area contributed by atoms with Crippen molar-refractivity contribution >= 4 is 99.5 Å². The minimum Gasteiger partial charge on any atom is -0.455 e. The topological polar surface area (TPSA) is 32.8 Å². The average molecular weight is 1090 g/mol. The summed E-state index contributed by atoms with van der Waals surface area (Å²) in [4.78, 5) is 4.89. The summed E-state index contributed by atoms with van der Waals surface area (Å²) in [5.41, 5.74) is 19.7. The van der Waals surface area contributed by atoms with E-state index in [1.165, 1.54) is 33.0 Å². The molecule has 4 nitrogen and oxygen atoms in total. The van der Waals surface area contributed by atoms with Crippen molar-refractivity contribution in [2.24, 2.45) is 0 Å². The number of para-hydroxylation sites is 4. The predicted molar refractivity (Wildman–Crippen MR) is 354 cm³/mol. The van der Waals surface area contributed by atoms with Crippen LogP contribution in [0.25, 0.3) is 98.8 Å². The Bertz CT molecular complexity index is 4900. The zero-order valence-electron chi connectivity index (χ0n) is 46.2. The minimum atomic E-state index is -0.920. The standard InChI is InChI=1S/C81H52N2O2/c1-7-23-53(24-8-1)55-39-41-59-49-65(45-43-57(59)47-55)82(63-31-15-5-16-32-63)71-51-69-77(79-75(71)67-35-19-21-37-73(67)84-79)78-70(81(69,61-27-11-3-12-28-61)62-29-13-4-14-30-62)52-72(76-68-36-20-22-38-74(68)85-80(76)78)83(64-33-17-6-18-34-64)66-46-44-58-48-56(40-42-60(58)50-66)54-25-9-2-10-26-54/h1-52H. The van der Waals surface area contributed by atoms with Crippen molar-refractivity contribution in [1.82, 2.24) is 0 Å². The van der Waals surface area contributed by atoms with E-state index in [1.807, 2.05) is 0 Å². The Hall–Kier alpha value is -11.2. The van der Waals surface area contributed by atoms with Crippen LogP contribution in [-0.4, -0.2) is 0 Å². The molecular formula is C81H52N2O2. The van der Waals surface area contributed by atoms with Gasteiger partial charge < -0.3 is 18.6 Å². The molecular weight excluding hydrogens is 1030 g/mol. The van der Waals surface area contributed by atoms with E-state index in [2.05, 4.69) is 325 Å². The SMILES string of the molecule is c1ccc(-c2ccc3cc(N(c4ccccc4)c4cc5c(c6oc7ccccc7c46)-c4c(cc(N(c6ccccc6)c6ccc7cc(-c8ccccc8)ccc7c6)c6c4oc4ccccc46)C5(c4ccccc4)c4ccccc4)ccc3c2)cc1. The van der Waals surface area contributed by atoms with Crippen LogP contribution in [0.5, 0.6) is 0 Å². The number of furan rings is 2. The molecule has 398 valence electrons. The highest BCUT2D eigenvalue weighted by Crippen LogP contribution is 2.64. The molecule has 1 aliphatic rings. The van der Waals surface area contributed by atoms with Crippen molar-refractivity contribution in [3.63, 3.8) is 0 Å². The molecule has 0 bridgehead atoms. The fourth-order valence-corrected chi connectivity index (χ4v) is 13.9. The maximum atomic E-state index is 7.54. The van der Waals surface area contributed by atoms with Crippen molar-refractivity contribution < 1.29 is 8.83 Å². The molecule has 0 aliphatic heterocycles. The molecule has 2 aromatic heterocycles. The lowest BCUT2D eigenvalue weighted by atomic mass is 9.67. The molecule has 85 heavy (non-hydrogen) atoms. The van der Waals surface area contributed by atoms with Gasteiger partial charge in [-0.3, -0.25) is 0 Å². The van der Waals surface area contributed by atoms with Crippen LogP contribution in [0.15, 0.2) is 324 Å². The smallest absolute Gasteiger partial charge is 0.145 e. The number of nitrogens with zero attached hydrogens (tertiary/aromatic N) is 2. The van der Waals surface area contributed by atoms with Gasteiger partial charge in [0.15, 0.2) is 0 Å². The van der Waals surface area contributed by atoms with E-state index in [9.17, 15) is 0 Å². The van der Waals surface area contributed by atoms with Gasteiger partial charge in [0.05, 0.1) is 27.6 Å². The Morgan fingerprint density at radius 2 is 0.600 bits per heavy atom. The van der Waals surface area contributed by atoms with E-state index in [0.717, 1.165) is 122 Å². The first-order chi connectivity index (χ1) is 42.2. The average Bonchev–Trinajstić information content (AvgIpc) is 1.57. The van der Waals surface area contributed by atoms with Gasteiger partial charge in [-0.25, -0.2) is 0 Å². The van der Waals surface area contributed by atoms with E-state index >= 15 is 0 Å².